The minimum Gasteiger partial charge on any atom is -0.435 e. The third-order valence-corrected chi connectivity index (χ3v) is 8.15. The van der Waals surface area contributed by atoms with E-state index < -0.39 is 20.5 Å². The van der Waals surface area contributed by atoms with Crippen LogP contribution >= 0.6 is 7.60 Å². The van der Waals surface area contributed by atoms with Gasteiger partial charge in [0.15, 0.2) is 0 Å². The van der Waals surface area contributed by atoms with Gasteiger partial charge in [-0.3, -0.25) is 9.09 Å². The second-order valence-corrected chi connectivity index (χ2v) is 11.4. The second kappa shape index (κ2) is 16.8. The van der Waals surface area contributed by atoms with Gasteiger partial charge in [-0.25, -0.2) is 9.18 Å². The Morgan fingerprint density at radius 1 is 0.902 bits per heavy atom. The number of hydrogen-bond donors (Lipinski definition) is 0. The van der Waals surface area contributed by atoms with Crippen molar-refractivity contribution in [1.82, 2.24) is 0 Å². The van der Waals surface area contributed by atoms with Gasteiger partial charge >= 0.3 is 13.8 Å². The molecule has 3 aromatic carbocycles. The van der Waals surface area contributed by atoms with E-state index in [1.165, 1.54) is 19.2 Å². The largest absolute Gasteiger partial charge is 0.510 e. The summed E-state index contributed by atoms with van der Waals surface area (Å²) in [6.07, 6.45) is 0.771. The number of hydrogen-bond acceptors (Lipinski definition) is 8. The molecular formula is C31H39FNO7P. The lowest BCUT2D eigenvalue weighted by Gasteiger charge is -2.17. The summed E-state index contributed by atoms with van der Waals surface area (Å²) in [4.78, 5) is 22.7. The van der Waals surface area contributed by atoms with E-state index in [1.807, 2.05) is 52.0 Å². The smallest absolute Gasteiger partial charge is 0.435 e. The van der Waals surface area contributed by atoms with Crippen LogP contribution in [0.5, 0.6) is 0 Å². The molecule has 1 atom stereocenters. The molecule has 10 heteroatoms. The SMILES string of the molecule is CC.CCOC(=O)OCOP(=O)(CCc1cc(C)c(Cc2ccc(N=O)c(Cc3ccc(F)cc3)c2)c(C)c1)OC. The second-order valence-electron chi connectivity index (χ2n) is 9.08. The average Bonchev–Trinajstić information content (AvgIpc) is 2.96. The minimum absolute atomic E-state index is 0.112. The molecule has 0 saturated carbocycles. The van der Waals surface area contributed by atoms with Gasteiger partial charge < -0.3 is 14.0 Å². The first-order chi connectivity index (χ1) is 19.7. The summed E-state index contributed by atoms with van der Waals surface area (Å²) in [6, 6.07) is 15.9. The molecule has 0 heterocycles. The average molecular weight is 588 g/mol. The maximum Gasteiger partial charge on any atom is 0.510 e. The first-order valence-electron chi connectivity index (χ1n) is 13.5. The van der Waals surface area contributed by atoms with Crippen LogP contribution in [-0.2, 0) is 42.3 Å². The number of carbonyl (C=O) groups excluding carboxylic acids is 1. The molecule has 1 unspecified atom stereocenters. The molecule has 3 aromatic rings. The van der Waals surface area contributed by atoms with E-state index in [0.717, 1.165) is 38.9 Å². The Labute approximate surface area is 241 Å². The van der Waals surface area contributed by atoms with Gasteiger partial charge in [-0.15, -0.1) is 4.91 Å². The Bertz CT molecular complexity index is 1320. The lowest BCUT2D eigenvalue weighted by molar-refractivity contribution is 0.00214. The Kier molecular flexibility index (Phi) is 13.8. The van der Waals surface area contributed by atoms with Crippen LogP contribution in [0.4, 0.5) is 14.9 Å². The zero-order valence-electron chi connectivity index (χ0n) is 24.6. The molecule has 0 N–H and O–H groups in total. The van der Waals surface area contributed by atoms with E-state index >= 15 is 0 Å². The Morgan fingerprint density at radius 2 is 1.54 bits per heavy atom. The van der Waals surface area contributed by atoms with Crippen molar-refractivity contribution in [2.75, 3.05) is 26.7 Å². The standard InChI is InChI=1S/C29H33FNO7P.C2H6/c1-5-36-29(32)37-19-38-39(34,35-4)13-12-24-14-20(2)27(21(3)15-24)18-23-8-11-28(31-33)25(17-23)16-22-6-9-26(30)10-7-22;1-2/h6-11,14-15,17H,5,12-13,16,18-19H2,1-4H3;1-2H3. The molecule has 0 aliphatic heterocycles. The third-order valence-electron chi connectivity index (χ3n) is 6.33. The van der Waals surface area contributed by atoms with Crippen LogP contribution in [0.3, 0.4) is 0 Å². The summed E-state index contributed by atoms with van der Waals surface area (Å²) in [5.41, 5.74) is 7.32. The summed E-state index contributed by atoms with van der Waals surface area (Å²) in [5, 5.41) is 3.16. The Hall–Kier alpha value is -3.39. The minimum atomic E-state index is -3.47. The number of nitrogens with zero attached hydrogens (tertiary/aromatic N) is 1. The topological polar surface area (TPSA) is 100 Å². The molecular weight excluding hydrogens is 548 g/mol. The van der Waals surface area contributed by atoms with Crippen molar-refractivity contribution in [3.8, 4) is 0 Å². The number of halogens is 1. The number of benzene rings is 3. The number of ether oxygens (including phenoxy) is 2. The van der Waals surface area contributed by atoms with Crippen LogP contribution in [0.1, 0.15) is 59.7 Å². The van der Waals surface area contributed by atoms with Crippen LogP contribution < -0.4 is 0 Å². The molecule has 0 aromatic heterocycles. The zero-order chi connectivity index (χ0) is 30.4. The van der Waals surface area contributed by atoms with Crippen molar-refractivity contribution in [2.24, 2.45) is 5.18 Å². The zero-order valence-corrected chi connectivity index (χ0v) is 25.5. The van der Waals surface area contributed by atoms with Crippen molar-refractivity contribution in [1.29, 1.82) is 0 Å². The molecule has 0 aliphatic rings. The van der Waals surface area contributed by atoms with Crippen LogP contribution in [0, 0.1) is 24.6 Å². The van der Waals surface area contributed by atoms with Gasteiger partial charge in [-0.05, 0) is 102 Å². The molecule has 41 heavy (non-hydrogen) atoms. The first kappa shape index (κ1) is 33.8. The number of nitroso groups, excluding NO2 is 1. The van der Waals surface area contributed by atoms with Gasteiger partial charge in [0.05, 0.1) is 12.8 Å². The lowest BCUT2D eigenvalue weighted by Crippen LogP contribution is -2.11. The maximum atomic E-state index is 13.3. The summed E-state index contributed by atoms with van der Waals surface area (Å²) >= 11 is 0. The van der Waals surface area contributed by atoms with E-state index in [4.69, 9.17) is 13.8 Å². The third kappa shape index (κ3) is 10.5. The molecule has 0 saturated heterocycles. The number of rotatable bonds is 13. The van der Waals surface area contributed by atoms with E-state index in [1.54, 1.807) is 25.1 Å². The van der Waals surface area contributed by atoms with Crippen LogP contribution in [0.15, 0.2) is 59.8 Å². The van der Waals surface area contributed by atoms with E-state index in [9.17, 15) is 18.7 Å². The predicted octanol–water partition coefficient (Wildman–Crippen LogP) is 8.58. The molecule has 0 bridgehead atoms. The first-order valence-corrected chi connectivity index (χ1v) is 15.3. The Balaban J connectivity index is 0.00000287. The van der Waals surface area contributed by atoms with Gasteiger partial charge in [0.2, 0.25) is 6.79 Å². The Morgan fingerprint density at radius 3 is 2.12 bits per heavy atom. The van der Waals surface area contributed by atoms with Crippen molar-refractivity contribution >= 4 is 19.4 Å². The molecule has 8 nitrogen and oxygen atoms in total. The molecule has 3 rings (SSSR count). The highest BCUT2D eigenvalue weighted by atomic mass is 31.2. The molecule has 0 fully saturated rings. The van der Waals surface area contributed by atoms with E-state index in [0.29, 0.717) is 24.9 Å². The van der Waals surface area contributed by atoms with Gasteiger partial charge in [0.1, 0.15) is 11.5 Å². The summed E-state index contributed by atoms with van der Waals surface area (Å²) in [7, 11) is -2.18. The lowest BCUT2D eigenvalue weighted by atomic mass is 9.92. The fraction of sp³-hybridized carbons (Fsp3) is 0.387. The van der Waals surface area contributed by atoms with E-state index in [2.05, 4.69) is 9.91 Å². The van der Waals surface area contributed by atoms with E-state index in [-0.39, 0.29) is 18.6 Å². The van der Waals surface area contributed by atoms with Gasteiger partial charge in [-0.1, -0.05) is 50.2 Å². The molecule has 0 radical (unpaired) electrons. The van der Waals surface area contributed by atoms with Crippen molar-refractivity contribution in [2.45, 2.75) is 53.9 Å². The number of carbonyl (C=O) groups is 1. The van der Waals surface area contributed by atoms with Gasteiger partial charge in [0, 0.05) is 7.11 Å². The van der Waals surface area contributed by atoms with Crippen LogP contribution in [0.25, 0.3) is 0 Å². The highest BCUT2D eigenvalue weighted by Crippen LogP contribution is 2.47. The monoisotopic (exact) mass is 587 g/mol. The van der Waals surface area contributed by atoms with Crippen molar-refractivity contribution < 1.29 is 32.3 Å². The number of aryl methyl sites for hydroxylation is 3. The molecule has 0 amide bonds. The highest BCUT2D eigenvalue weighted by Gasteiger charge is 2.24. The van der Waals surface area contributed by atoms with Crippen LogP contribution in [-0.4, -0.2) is 32.8 Å². The normalized spacial score (nSPS) is 12.1. The van der Waals surface area contributed by atoms with Gasteiger partial charge in [0.25, 0.3) is 0 Å². The molecule has 0 spiro atoms. The summed E-state index contributed by atoms with van der Waals surface area (Å²) < 4.78 is 45.9. The van der Waals surface area contributed by atoms with Crippen molar-refractivity contribution in [3.05, 3.63) is 104 Å². The fourth-order valence-corrected chi connectivity index (χ4v) is 5.46. The summed E-state index contributed by atoms with van der Waals surface area (Å²) in [5.74, 6) is -0.309. The predicted molar refractivity (Wildman–Crippen MR) is 158 cm³/mol. The summed E-state index contributed by atoms with van der Waals surface area (Å²) in [6.45, 7) is 9.32. The molecule has 222 valence electrons. The quantitative estimate of drug-likeness (QED) is 0.0854. The van der Waals surface area contributed by atoms with Crippen molar-refractivity contribution in [3.63, 3.8) is 0 Å². The fourth-order valence-electron chi connectivity index (χ4n) is 4.30. The molecule has 0 aliphatic carbocycles. The van der Waals surface area contributed by atoms with Gasteiger partial charge in [-0.2, -0.15) is 0 Å². The highest BCUT2D eigenvalue weighted by molar-refractivity contribution is 7.53. The van der Waals surface area contributed by atoms with Crippen LogP contribution in [0.2, 0.25) is 0 Å². The maximum absolute atomic E-state index is 13.3.